The normalized spacial score (nSPS) is 29.6. The number of nitrogens with one attached hydrogen (secondary N) is 2. The average molecular weight is 388 g/mol. The summed E-state index contributed by atoms with van der Waals surface area (Å²) >= 11 is 0. The van der Waals surface area contributed by atoms with Crippen molar-refractivity contribution in [2.75, 3.05) is 25.0 Å². The molecule has 2 aliphatic rings. The molecule has 6 nitrogen and oxygen atoms in total. The van der Waals surface area contributed by atoms with Gasteiger partial charge < -0.3 is 20.6 Å². The molecule has 0 bridgehead atoms. The summed E-state index contributed by atoms with van der Waals surface area (Å²) in [7, 11) is 0. The second-order valence-electron chi connectivity index (χ2n) is 8.75. The van der Waals surface area contributed by atoms with Crippen molar-refractivity contribution in [2.45, 2.75) is 46.1 Å². The number of nitrogens with zero attached hydrogens (tertiary/aromatic N) is 1. The van der Waals surface area contributed by atoms with E-state index in [0.29, 0.717) is 24.3 Å². The van der Waals surface area contributed by atoms with E-state index in [0.717, 1.165) is 30.5 Å². The Balaban J connectivity index is 1.66. The maximum Gasteiger partial charge on any atom is 0.321 e. The summed E-state index contributed by atoms with van der Waals surface area (Å²) < 4.78 is 0. The molecule has 1 aliphatic carbocycles. The summed E-state index contributed by atoms with van der Waals surface area (Å²) in [5, 5.41) is 15.5. The number of urea groups is 1. The number of anilines is 1. The number of aliphatic hydroxyl groups excluding tert-OH is 1. The van der Waals surface area contributed by atoms with Crippen molar-refractivity contribution >= 4 is 17.6 Å². The van der Waals surface area contributed by atoms with Gasteiger partial charge in [-0.3, -0.25) is 4.79 Å². The summed E-state index contributed by atoms with van der Waals surface area (Å²) in [4.78, 5) is 27.0. The van der Waals surface area contributed by atoms with Crippen LogP contribution < -0.4 is 10.6 Å². The lowest BCUT2D eigenvalue weighted by Crippen LogP contribution is -2.57. The van der Waals surface area contributed by atoms with Gasteiger partial charge in [-0.05, 0) is 61.6 Å². The molecule has 0 spiro atoms. The van der Waals surface area contributed by atoms with Gasteiger partial charge in [0, 0.05) is 24.8 Å². The predicted octanol–water partition coefficient (Wildman–Crippen LogP) is 3.01. The van der Waals surface area contributed by atoms with E-state index in [1.54, 1.807) is 4.90 Å². The standard InChI is InChI=1S/C22H33N3O3/c1-14-5-4-6-19(11-14)23-22(28)25(7-8-26)13-18-12-17-10-15(2)9-16(3)20(17)24-21(18)27/h4-6,11,15-18,20,26H,7-10,12-13H2,1-3H3,(H,23,28)(H,24,27). The first-order valence-electron chi connectivity index (χ1n) is 10.4. The monoisotopic (exact) mass is 387 g/mol. The molecule has 6 heteroatoms. The van der Waals surface area contributed by atoms with E-state index in [2.05, 4.69) is 24.5 Å². The fraction of sp³-hybridized carbons (Fsp3) is 0.636. The van der Waals surface area contributed by atoms with E-state index in [4.69, 9.17) is 0 Å². The summed E-state index contributed by atoms with van der Waals surface area (Å²) in [6.07, 6.45) is 3.09. The number of rotatable bonds is 5. The minimum atomic E-state index is -0.278. The highest BCUT2D eigenvalue weighted by Gasteiger charge is 2.42. The Morgan fingerprint density at radius 2 is 2.07 bits per heavy atom. The lowest BCUT2D eigenvalue weighted by Gasteiger charge is -2.45. The maximum atomic E-state index is 12.8. The third-order valence-electron chi connectivity index (χ3n) is 6.23. The molecule has 1 aromatic carbocycles. The third-order valence-corrected chi connectivity index (χ3v) is 6.23. The van der Waals surface area contributed by atoms with Gasteiger partial charge in [0.15, 0.2) is 0 Å². The number of carbonyl (C=O) groups is 2. The number of aliphatic hydroxyl groups is 1. The molecule has 2 fully saturated rings. The Kier molecular flexibility index (Phi) is 6.60. The molecule has 1 saturated carbocycles. The highest BCUT2D eigenvalue weighted by Crippen LogP contribution is 2.39. The van der Waals surface area contributed by atoms with Crippen molar-refractivity contribution < 1.29 is 14.7 Å². The van der Waals surface area contributed by atoms with Crippen molar-refractivity contribution in [3.05, 3.63) is 29.8 Å². The Labute approximate surface area is 167 Å². The van der Waals surface area contributed by atoms with E-state index < -0.39 is 0 Å². The minimum Gasteiger partial charge on any atom is -0.395 e. The topological polar surface area (TPSA) is 81.7 Å². The lowest BCUT2D eigenvalue weighted by atomic mass is 9.68. The van der Waals surface area contributed by atoms with E-state index in [1.165, 1.54) is 0 Å². The van der Waals surface area contributed by atoms with Crippen molar-refractivity contribution in [3.8, 4) is 0 Å². The van der Waals surface area contributed by atoms with E-state index in [-0.39, 0.29) is 37.0 Å². The fourth-order valence-corrected chi connectivity index (χ4v) is 5.01. The van der Waals surface area contributed by atoms with Gasteiger partial charge in [-0.15, -0.1) is 0 Å². The first-order valence-corrected chi connectivity index (χ1v) is 10.4. The summed E-state index contributed by atoms with van der Waals surface area (Å²) in [5.74, 6) is 1.45. The molecule has 1 saturated heterocycles. The number of hydrogen-bond acceptors (Lipinski definition) is 3. The molecule has 5 unspecified atom stereocenters. The molecule has 1 heterocycles. The lowest BCUT2D eigenvalue weighted by molar-refractivity contribution is -0.131. The predicted molar refractivity (Wildman–Crippen MR) is 110 cm³/mol. The first-order chi connectivity index (χ1) is 13.4. The molecule has 1 aromatic rings. The molecule has 0 radical (unpaired) electrons. The van der Waals surface area contributed by atoms with Crippen molar-refractivity contribution in [2.24, 2.45) is 23.7 Å². The molecule has 0 aromatic heterocycles. The molecule has 154 valence electrons. The number of fused-ring (bicyclic) bond motifs is 1. The minimum absolute atomic E-state index is 0.0361. The van der Waals surface area contributed by atoms with Gasteiger partial charge in [0.1, 0.15) is 0 Å². The Morgan fingerprint density at radius 1 is 1.29 bits per heavy atom. The zero-order valence-corrected chi connectivity index (χ0v) is 17.1. The van der Waals surface area contributed by atoms with Crippen LogP contribution in [-0.4, -0.2) is 47.7 Å². The number of piperidine rings is 1. The zero-order valence-electron chi connectivity index (χ0n) is 17.1. The van der Waals surface area contributed by atoms with Gasteiger partial charge in [0.2, 0.25) is 5.91 Å². The van der Waals surface area contributed by atoms with Crippen LogP contribution in [0.3, 0.4) is 0 Å². The largest absolute Gasteiger partial charge is 0.395 e. The second kappa shape index (κ2) is 8.95. The van der Waals surface area contributed by atoms with E-state index >= 15 is 0 Å². The number of amides is 3. The van der Waals surface area contributed by atoms with Crippen LogP contribution in [-0.2, 0) is 4.79 Å². The molecule has 3 rings (SSSR count). The number of carbonyl (C=O) groups excluding carboxylic acids is 2. The van der Waals surface area contributed by atoms with Crippen LogP contribution in [0.2, 0.25) is 0 Å². The van der Waals surface area contributed by atoms with Gasteiger partial charge in [0.25, 0.3) is 0 Å². The molecule has 3 N–H and O–H groups in total. The van der Waals surface area contributed by atoms with Gasteiger partial charge in [-0.25, -0.2) is 4.79 Å². The number of aryl methyl sites for hydroxylation is 1. The van der Waals surface area contributed by atoms with Gasteiger partial charge in [-0.2, -0.15) is 0 Å². The quantitative estimate of drug-likeness (QED) is 0.726. The summed E-state index contributed by atoms with van der Waals surface area (Å²) in [6, 6.07) is 7.58. The Morgan fingerprint density at radius 3 is 2.79 bits per heavy atom. The number of hydrogen-bond donors (Lipinski definition) is 3. The van der Waals surface area contributed by atoms with Crippen LogP contribution in [0.25, 0.3) is 0 Å². The highest BCUT2D eigenvalue weighted by atomic mass is 16.3. The van der Waals surface area contributed by atoms with E-state index in [1.807, 2.05) is 31.2 Å². The van der Waals surface area contributed by atoms with Crippen molar-refractivity contribution in [3.63, 3.8) is 0 Å². The van der Waals surface area contributed by atoms with Crippen LogP contribution in [0.15, 0.2) is 24.3 Å². The average Bonchev–Trinajstić information content (AvgIpc) is 2.62. The second-order valence-corrected chi connectivity index (χ2v) is 8.75. The van der Waals surface area contributed by atoms with Crippen LogP contribution in [0, 0.1) is 30.6 Å². The maximum absolute atomic E-state index is 12.8. The molecule has 1 aliphatic heterocycles. The van der Waals surface area contributed by atoms with Gasteiger partial charge in [-0.1, -0.05) is 26.0 Å². The highest BCUT2D eigenvalue weighted by molar-refractivity contribution is 5.90. The molecule has 5 atom stereocenters. The molecular weight excluding hydrogens is 354 g/mol. The van der Waals surface area contributed by atoms with Gasteiger partial charge >= 0.3 is 6.03 Å². The van der Waals surface area contributed by atoms with Crippen LogP contribution in [0.4, 0.5) is 10.5 Å². The molecule has 3 amide bonds. The zero-order chi connectivity index (χ0) is 20.3. The van der Waals surface area contributed by atoms with Crippen molar-refractivity contribution in [1.82, 2.24) is 10.2 Å². The van der Waals surface area contributed by atoms with Crippen LogP contribution in [0.1, 0.15) is 38.7 Å². The fourth-order valence-electron chi connectivity index (χ4n) is 5.01. The Hall–Kier alpha value is -2.08. The van der Waals surface area contributed by atoms with E-state index in [9.17, 15) is 14.7 Å². The summed E-state index contributed by atoms with van der Waals surface area (Å²) in [6.45, 7) is 6.89. The van der Waals surface area contributed by atoms with Crippen LogP contribution in [0.5, 0.6) is 0 Å². The molecular formula is C22H33N3O3. The summed E-state index contributed by atoms with van der Waals surface area (Å²) in [5.41, 5.74) is 1.78. The number of benzene rings is 1. The smallest absolute Gasteiger partial charge is 0.321 e. The SMILES string of the molecule is Cc1cccc(NC(=O)N(CCO)CC2CC3CC(C)CC(C)C3NC2=O)c1. The van der Waals surface area contributed by atoms with Crippen LogP contribution >= 0.6 is 0 Å². The third kappa shape index (κ3) is 4.85. The van der Waals surface area contributed by atoms with Gasteiger partial charge in [0.05, 0.1) is 12.5 Å². The first kappa shape index (κ1) is 20.6. The molecule has 28 heavy (non-hydrogen) atoms. The Bertz CT molecular complexity index is 708. The van der Waals surface area contributed by atoms with Crippen molar-refractivity contribution in [1.29, 1.82) is 0 Å².